The van der Waals surface area contributed by atoms with E-state index in [-0.39, 0.29) is 0 Å². The van der Waals surface area contributed by atoms with E-state index >= 15 is 0 Å². The first-order valence-corrected chi connectivity index (χ1v) is 4.89. The Bertz CT molecular complexity index is 167. The van der Waals surface area contributed by atoms with Gasteiger partial charge in [0.05, 0.1) is 0 Å². The molecule has 0 aromatic rings. The highest BCUT2D eigenvalue weighted by Crippen LogP contribution is 2.25. The zero-order chi connectivity index (χ0) is 9.14. The summed E-state index contributed by atoms with van der Waals surface area (Å²) in [6, 6.07) is 0. The Hall–Kier alpha value is -0.530. The minimum absolute atomic E-state index is 0.314. The first-order chi connectivity index (χ1) is 5.65. The van der Waals surface area contributed by atoms with Gasteiger partial charge in [0.1, 0.15) is 0 Å². The van der Waals surface area contributed by atoms with Gasteiger partial charge in [-0.2, -0.15) is 0 Å². The van der Waals surface area contributed by atoms with Crippen LogP contribution in [0.5, 0.6) is 0 Å². The molecule has 0 N–H and O–H groups in total. The summed E-state index contributed by atoms with van der Waals surface area (Å²) in [6.45, 7) is 5.48. The lowest BCUT2D eigenvalue weighted by Gasteiger charge is -2.32. The topological polar surface area (TPSA) is 20.3 Å². The van der Waals surface area contributed by atoms with Crippen LogP contribution in [0.4, 0.5) is 0 Å². The highest BCUT2D eigenvalue weighted by atomic mass is 16.2. The maximum atomic E-state index is 11.2. The Morgan fingerprint density at radius 3 is 2.83 bits per heavy atom. The van der Waals surface area contributed by atoms with Crippen molar-refractivity contribution >= 4 is 5.91 Å². The zero-order valence-electron chi connectivity index (χ0n) is 8.34. The van der Waals surface area contributed by atoms with Crippen LogP contribution in [0.15, 0.2) is 0 Å². The monoisotopic (exact) mass is 169 g/mol. The third-order valence-corrected chi connectivity index (χ3v) is 3.11. The third kappa shape index (κ3) is 1.99. The summed E-state index contributed by atoms with van der Waals surface area (Å²) in [5, 5.41) is 0. The number of amides is 1. The van der Waals surface area contributed by atoms with Crippen LogP contribution in [0.2, 0.25) is 0 Å². The molecule has 1 aliphatic rings. The molecule has 0 bridgehead atoms. The van der Waals surface area contributed by atoms with Gasteiger partial charge in [-0.1, -0.05) is 20.3 Å². The molecule has 1 heterocycles. The van der Waals surface area contributed by atoms with Crippen molar-refractivity contribution in [3.63, 3.8) is 0 Å². The van der Waals surface area contributed by atoms with Crippen LogP contribution in [0.1, 0.15) is 33.1 Å². The molecule has 12 heavy (non-hydrogen) atoms. The molecule has 2 atom stereocenters. The summed E-state index contributed by atoms with van der Waals surface area (Å²) in [5.74, 6) is 1.81. The van der Waals surface area contributed by atoms with Crippen molar-refractivity contribution in [1.29, 1.82) is 0 Å². The Kier molecular flexibility index (Phi) is 3.12. The molecule has 1 fully saturated rings. The van der Waals surface area contributed by atoms with Gasteiger partial charge < -0.3 is 4.90 Å². The maximum absolute atomic E-state index is 11.2. The van der Waals surface area contributed by atoms with Crippen LogP contribution in [0.25, 0.3) is 0 Å². The van der Waals surface area contributed by atoms with E-state index in [2.05, 4.69) is 13.8 Å². The minimum atomic E-state index is 0.314. The Labute approximate surface area is 74.9 Å². The molecule has 0 aromatic carbocycles. The molecule has 2 heteroatoms. The van der Waals surface area contributed by atoms with Gasteiger partial charge in [-0.25, -0.2) is 0 Å². The fourth-order valence-electron chi connectivity index (χ4n) is 1.84. The molecule has 1 rings (SSSR count). The van der Waals surface area contributed by atoms with Crippen LogP contribution in [-0.2, 0) is 4.79 Å². The lowest BCUT2D eigenvalue weighted by molar-refractivity contribution is -0.133. The molecule has 1 amide bonds. The third-order valence-electron chi connectivity index (χ3n) is 3.11. The first kappa shape index (κ1) is 9.56. The predicted molar refractivity (Wildman–Crippen MR) is 49.8 cm³/mol. The van der Waals surface area contributed by atoms with Gasteiger partial charge >= 0.3 is 0 Å². The summed E-state index contributed by atoms with van der Waals surface area (Å²) < 4.78 is 0. The van der Waals surface area contributed by atoms with Crippen LogP contribution < -0.4 is 0 Å². The fourth-order valence-corrected chi connectivity index (χ4v) is 1.84. The second-order valence-electron chi connectivity index (χ2n) is 3.96. The van der Waals surface area contributed by atoms with E-state index in [9.17, 15) is 4.79 Å². The summed E-state index contributed by atoms with van der Waals surface area (Å²) in [5.41, 5.74) is 0. The van der Waals surface area contributed by atoms with E-state index in [1.54, 1.807) is 0 Å². The van der Waals surface area contributed by atoms with E-state index in [4.69, 9.17) is 0 Å². The fraction of sp³-hybridized carbons (Fsp3) is 0.900. The van der Waals surface area contributed by atoms with Crippen LogP contribution in [-0.4, -0.2) is 24.4 Å². The normalized spacial score (nSPS) is 27.4. The van der Waals surface area contributed by atoms with Gasteiger partial charge in [-0.3, -0.25) is 4.79 Å². The molecule has 1 aliphatic heterocycles. The average molecular weight is 169 g/mol. The first-order valence-electron chi connectivity index (χ1n) is 4.89. The number of hydrogen-bond acceptors (Lipinski definition) is 1. The molecule has 2 nitrogen and oxygen atoms in total. The van der Waals surface area contributed by atoms with Gasteiger partial charge in [0.25, 0.3) is 0 Å². The highest BCUT2D eigenvalue weighted by molar-refractivity contribution is 5.76. The highest BCUT2D eigenvalue weighted by Gasteiger charge is 2.25. The summed E-state index contributed by atoms with van der Waals surface area (Å²) >= 11 is 0. The lowest BCUT2D eigenvalue weighted by Crippen LogP contribution is -2.39. The number of piperidine rings is 1. The molecule has 1 unspecified atom stereocenters. The van der Waals surface area contributed by atoms with Crippen molar-refractivity contribution in [3.05, 3.63) is 0 Å². The van der Waals surface area contributed by atoms with Crippen LogP contribution >= 0.6 is 0 Å². The number of carbonyl (C=O) groups is 1. The van der Waals surface area contributed by atoms with Crippen molar-refractivity contribution in [3.8, 4) is 0 Å². The van der Waals surface area contributed by atoms with Crippen molar-refractivity contribution in [2.45, 2.75) is 33.1 Å². The van der Waals surface area contributed by atoms with Gasteiger partial charge in [0, 0.05) is 20.0 Å². The van der Waals surface area contributed by atoms with Crippen molar-refractivity contribution in [1.82, 2.24) is 4.90 Å². The molecule has 0 radical (unpaired) electrons. The van der Waals surface area contributed by atoms with E-state index < -0.39 is 0 Å². The van der Waals surface area contributed by atoms with E-state index in [0.717, 1.165) is 31.2 Å². The lowest BCUT2D eigenvalue weighted by atomic mass is 9.85. The number of nitrogens with zero attached hydrogens (tertiary/aromatic N) is 1. The van der Waals surface area contributed by atoms with E-state index in [0.29, 0.717) is 5.91 Å². The molecule has 1 saturated heterocycles. The maximum Gasteiger partial charge on any atom is 0.222 e. The smallest absolute Gasteiger partial charge is 0.222 e. The number of carbonyl (C=O) groups excluding carboxylic acids is 1. The second kappa shape index (κ2) is 3.92. The molecule has 70 valence electrons. The van der Waals surface area contributed by atoms with Crippen molar-refractivity contribution in [2.75, 3.05) is 13.6 Å². The van der Waals surface area contributed by atoms with Crippen LogP contribution in [0, 0.1) is 11.8 Å². The SMILES string of the molecule is CCC(C)[C@@H]1CCC(=O)N(C)C1. The Morgan fingerprint density at radius 1 is 1.67 bits per heavy atom. The Morgan fingerprint density at radius 2 is 2.33 bits per heavy atom. The summed E-state index contributed by atoms with van der Waals surface area (Å²) in [7, 11) is 1.91. The summed E-state index contributed by atoms with van der Waals surface area (Å²) in [4.78, 5) is 13.1. The minimum Gasteiger partial charge on any atom is -0.345 e. The average Bonchev–Trinajstić information content (AvgIpc) is 2.08. The zero-order valence-corrected chi connectivity index (χ0v) is 8.34. The van der Waals surface area contributed by atoms with Crippen molar-refractivity contribution < 1.29 is 4.79 Å². The van der Waals surface area contributed by atoms with E-state index in [1.807, 2.05) is 11.9 Å². The van der Waals surface area contributed by atoms with Gasteiger partial charge in [0.2, 0.25) is 5.91 Å². The van der Waals surface area contributed by atoms with Crippen LogP contribution in [0.3, 0.4) is 0 Å². The van der Waals surface area contributed by atoms with Gasteiger partial charge in [-0.15, -0.1) is 0 Å². The molecular weight excluding hydrogens is 150 g/mol. The number of hydrogen-bond donors (Lipinski definition) is 0. The quantitative estimate of drug-likeness (QED) is 0.618. The second-order valence-corrected chi connectivity index (χ2v) is 3.96. The number of rotatable bonds is 2. The molecular formula is C10H19NO. The van der Waals surface area contributed by atoms with Gasteiger partial charge in [0.15, 0.2) is 0 Å². The van der Waals surface area contributed by atoms with Gasteiger partial charge in [-0.05, 0) is 18.3 Å². The predicted octanol–water partition coefficient (Wildman–Crippen LogP) is 1.90. The van der Waals surface area contributed by atoms with Crippen molar-refractivity contribution in [2.24, 2.45) is 11.8 Å². The standard InChI is InChI=1S/C10H19NO/c1-4-8(2)9-5-6-10(12)11(3)7-9/h8-9H,4-7H2,1-3H3/t8?,9-/m1/s1. The molecule has 0 spiro atoms. The molecule has 0 saturated carbocycles. The molecule has 0 aromatic heterocycles. The van der Waals surface area contributed by atoms with E-state index in [1.165, 1.54) is 6.42 Å². The summed E-state index contributed by atoms with van der Waals surface area (Å²) in [6.07, 6.45) is 3.08. The molecule has 0 aliphatic carbocycles. The largest absolute Gasteiger partial charge is 0.345 e. The number of likely N-dealkylation sites (tertiary alicyclic amines) is 1. The Balaban J connectivity index is 2.45.